The van der Waals surface area contributed by atoms with Crippen molar-refractivity contribution in [2.45, 2.75) is 31.7 Å². The third kappa shape index (κ3) is 3.14. The Kier molecular flexibility index (Phi) is 3.92. The van der Waals surface area contributed by atoms with Gasteiger partial charge in [-0.3, -0.25) is 10.1 Å². The summed E-state index contributed by atoms with van der Waals surface area (Å²) in [5.41, 5.74) is 7.20. The van der Waals surface area contributed by atoms with E-state index in [0.717, 1.165) is 50.5 Å². The molecule has 2 aromatic heterocycles. The first-order valence-corrected chi connectivity index (χ1v) is 7.12. The topological polar surface area (TPSA) is 83.7 Å². The molecule has 0 saturated carbocycles. The summed E-state index contributed by atoms with van der Waals surface area (Å²) in [5, 5.41) is 7.33. The molecule has 1 atom stereocenters. The van der Waals surface area contributed by atoms with E-state index in [-0.39, 0.29) is 6.04 Å². The van der Waals surface area contributed by atoms with Gasteiger partial charge in [-0.1, -0.05) is 6.07 Å². The van der Waals surface area contributed by atoms with Crippen molar-refractivity contribution in [3.8, 4) is 0 Å². The average Bonchev–Trinajstić information content (AvgIpc) is 2.95. The van der Waals surface area contributed by atoms with Gasteiger partial charge in [0.25, 0.3) is 0 Å². The number of pyridine rings is 1. The second kappa shape index (κ2) is 6.00. The van der Waals surface area contributed by atoms with Crippen LogP contribution < -0.4 is 10.6 Å². The van der Waals surface area contributed by atoms with E-state index < -0.39 is 0 Å². The predicted octanol–water partition coefficient (Wildman–Crippen LogP) is 0.912. The second-order valence-electron chi connectivity index (χ2n) is 5.29. The van der Waals surface area contributed by atoms with Crippen LogP contribution in [0.1, 0.15) is 24.2 Å². The van der Waals surface area contributed by atoms with E-state index in [1.165, 1.54) is 5.56 Å². The maximum atomic E-state index is 5.99. The minimum Gasteiger partial charge on any atom is -0.338 e. The Morgan fingerprint density at radius 3 is 3.15 bits per heavy atom. The lowest BCUT2D eigenvalue weighted by molar-refractivity contribution is 0.500. The van der Waals surface area contributed by atoms with Gasteiger partial charge in [-0.2, -0.15) is 4.98 Å². The van der Waals surface area contributed by atoms with Crippen LogP contribution in [0.4, 0.5) is 5.95 Å². The molecule has 3 rings (SSSR count). The van der Waals surface area contributed by atoms with Crippen LogP contribution in [0.5, 0.6) is 0 Å². The summed E-state index contributed by atoms with van der Waals surface area (Å²) in [6.45, 7) is 1.84. The van der Waals surface area contributed by atoms with E-state index in [4.69, 9.17) is 5.73 Å². The smallest absolute Gasteiger partial charge is 0.244 e. The van der Waals surface area contributed by atoms with E-state index >= 15 is 0 Å². The number of aromatic amines is 1. The fourth-order valence-electron chi connectivity index (χ4n) is 2.54. The number of nitrogens with zero attached hydrogens (tertiary/aromatic N) is 4. The molecule has 0 spiro atoms. The molecule has 0 aliphatic carbocycles. The van der Waals surface area contributed by atoms with Crippen LogP contribution in [0.15, 0.2) is 24.5 Å². The van der Waals surface area contributed by atoms with Crippen molar-refractivity contribution >= 4 is 5.95 Å². The monoisotopic (exact) mass is 272 g/mol. The number of H-pyrrole nitrogens is 1. The first kappa shape index (κ1) is 13.1. The Hall–Kier alpha value is -1.95. The highest BCUT2D eigenvalue weighted by Crippen LogP contribution is 2.15. The number of nitrogens with two attached hydrogens (primary N) is 1. The molecule has 3 heterocycles. The second-order valence-corrected chi connectivity index (χ2v) is 5.29. The first-order chi connectivity index (χ1) is 9.81. The van der Waals surface area contributed by atoms with E-state index in [0.29, 0.717) is 0 Å². The van der Waals surface area contributed by atoms with E-state index in [1.807, 2.05) is 12.3 Å². The molecule has 6 heteroatoms. The van der Waals surface area contributed by atoms with Crippen molar-refractivity contribution < 1.29 is 0 Å². The van der Waals surface area contributed by atoms with E-state index in [9.17, 15) is 0 Å². The number of hydrogen-bond acceptors (Lipinski definition) is 5. The Morgan fingerprint density at radius 1 is 1.40 bits per heavy atom. The van der Waals surface area contributed by atoms with Gasteiger partial charge >= 0.3 is 0 Å². The van der Waals surface area contributed by atoms with E-state index in [1.54, 1.807) is 6.20 Å². The summed E-state index contributed by atoms with van der Waals surface area (Å²) in [5.74, 6) is 1.70. The van der Waals surface area contributed by atoms with Gasteiger partial charge in [0.05, 0.1) is 0 Å². The standard InChI is InChI=1S/C14H20N6/c15-12-4-2-8-20(10-12)14-17-13(18-19-14)6-5-11-3-1-7-16-9-11/h1,3,7,9,12H,2,4-6,8,10,15H2,(H,17,18,19). The maximum absolute atomic E-state index is 5.99. The molecule has 0 aromatic carbocycles. The minimum atomic E-state index is 0.237. The zero-order valence-corrected chi connectivity index (χ0v) is 11.5. The summed E-state index contributed by atoms with van der Waals surface area (Å²) < 4.78 is 0. The largest absolute Gasteiger partial charge is 0.338 e. The molecule has 1 unspecified atom stereocenters. The summed E-state index contributed by atoms with van der Waals surface area (Å²) >= 11 is 0. The number of aromatic nitrogens is 4. The SMILES string of the molecule is NC1CCCN(c2n[nH]c(CCc3cccnc3)n2)C1. The molecule has 6 nitrogen and oxygen atoms in total. The molecule has 20 heavy (non-hydrogen) atoms. The van der Waals surface area contributed by atoms with Crippen molar-refractivity contribution in [3.05, 3.63) is 35.9 Å². The highest BCUT2D eigenvalue weighted by atomic mass is 15.4. The molecule has 1 fully saturated rings. The lowest BCUT2D eigenvalue weighted by atomic mass is 10.1. The molecule has 0 bridgehead atoms. The molecule has 106 valence electrons. The Labute approximate surface area is 118 Å². The van der Waals surface area contributed by atoms with Crippen LogP contribution in [-0.2, 0) is 12.8 Å². The molecule has 0 radical (unpaired) electrons. The van der Waals surface area contributed by atoms with Gasteiger partial charge in [0.1, 0.15) is 5.82 Å². The molecule has 0 amide bonds. The fourth-order valence-corrected chi connectivity index (χ4v) is 2.54. The van der Waals surface area contributed by atoms with Gasteiger partial charge in [0, 0.05) is 37.9 Å². The number of hydrogen-bond donors (Lipinski definition) is 2. The predicted molar refractivity (Wildman–Crippen MR) is 77.5 cm³/mol. The van der Waals surface area contributed by atoms with Crippen molar-refractivity contribution in [2.75, 3.05) is 18.0 Å². The first-order valence-electron chi connectivity index (χ1n) is 7.12. The van der Waals surface area contributed by atoms with Crippen LogP contribution >= 0.6 is 0 Å². The maximum Gasteiger partial charge on any atom is 0.244 e. The number of nitrogens with one attached hydrogen (secondary N) is 1. The van der Waals surface area contributed by atoms with Gasteiger partial charge < -0.3 is 10.6 Å². The zero-order chi connectivity index (χ0) is 13.8. The van der Waals surface area contributed by atoms with Crippen molar-refractivity contribution in [1.82, 2.24) is 20.2 Å². The normalized spacial score (nSPS) is 19.2. The van der Waals surface area contributed by atoms with Crippen LogP contribution in [0, 0.1) is 0 Å². The highest BCUT2D eigenvalue weighted by molar-refractivity contribution is 5.30. The molecule has 1 aliphatic rings. The summed E-state index contributed by atoms with van der Waals surface area (Å²) in [6.07, 6.45) is 7.65. The Morgan fingerprint density at radius 2 is 2.35 bits per heavy atom. The van der Waals surface area contributed by atoms with Crippen molar-refractivity contribution in [2.24, 2.45) is 5.73 Å². The fraction of sp³-hybridized carbons (Fsp3) is 0.500. The molecule has 1 aliphatic heterocycles. The molecular formula is C14H20N6. The summed E-state index contributed by atoms with van der Waals surface area (Å²) in [4.78, 5) is 10.8. The van der Waals surface area contributed by atoms with Gasteiger partial charge in [0.15, 0.2) is 0 Å². The van der Waals surface area contributed by atoms with Crippen molar-refractivity contribution in [3.63, 3.8) is 0 Å². The minimum absolute atomic E-state index is 0.237. The lowest BCUT2D eigenvalue weighted by Gasteiger charge is -2.29. The lowest BCUT2D eigenvalue weighted by Crippen LogP contribution is -2.43. The van der Waals surface area contributed by atoms with Crippen LogP contribution in [0.2, 0.25) is 0 Å². The molecule has 1 saturated heterocycles. The van der Waals surface area contributed by atoms with Gasteiger partial charge in [-0.05, 0) is 30.9 Å². The van der Waals surface area contributed by atoms with E-state index in [2.05, 4.69) is 31.1 Å². The van der Waals surface area contributed by atoms with Crippen LogP contribution in [-0.4, -0.2) is 39.3 Å². The average molecular weight is 272 g/mol. The Bertz CT molecular complexity index is 538. The number of piperidine rings is 1. The number of rotatable bonds is 4. The van der Waals surface area contributed by atoms with Gasteiger partial charge in [-0.25, -0.2) is 0 Å². The van der Waals surface area contributed by atoms with Crippen LogP contribution in [0.3, 0.4) is 0 Å². The molecule has 3 N–H and O–H groups in total. The number of anilines is 1. The number of aryl methyl sites for hydroxylation is 2. The van der Waals surface area contributed by atoms with Crippen LogP contribution in [0.25, 0.3) is 0 Å². The highest BCUT2D eigenvalue weighted by Gasteiger charge is 2.19. The molecule has 2 aromatic rings. The third-order valence-electron chi connectivity index (χ3n) is 3.63. The summed E-state index contributed by atoms with van der Waals surface area (Å²) in [7, 11) is 0. The third-order valence-corrected chi connectivity index (χ3v) is 3.63. The zero-order valence-electron chi connectivity index (χ0n) is 11.5. The Balaban J connectivity index is 1.59. The van der Waals surface area contributed by atoms with Gasteiger partial charge in [-0.15, -0.1) is 5.10 Å². The van der Waals surface area contributed by atoms with Gasteiger partial charge in [0.2, 0.25) is 5.95 Å². The van der Waals surface area contributed by atoms with Crippen molar-refractivity contribution in [1.29, 1.82) is 0 Å². The molecular weight excluding hydrogens is 252 g/mol. The quantitative estimate of drug-likeness (QED) is 0.864. The summed E-state index contributed by atoms with van der Waals surface area (Å²) in [6, 6.07) is 4.27.